The molecule has 0 bridgehead atoms. The van der Waals surface area contributed by atoms with Crippen LogP contribution in [-0.4, -0.2) is 83.0 Å². The summed E-state index contributed by atoms with van der Waals surface area (Å²) in [5.74, 6) is -5.47. The summed E-state index contributed by atoms with van der Waals surface area (Å²) in [4.78, 5) is 75.1. The molecule has 2 N–H and O–H groups in total. The molecule has 2 aliphatic carbocycles. The summed E-state index contributed by atoms with van der Waals surface area (Å²) in [6, 6.07) is 6.06. The molecule has 1 saturated heterocycles. The molecule has 14 nitrogen and oxygen atoms in total. The van der Waals surface area contributed by atoms with E-state index < -0.39 is 90.4 Å². The van der Waals surface area contributed by atoms with Gasteiger partial charge in [-0.3, -0.25) is 28.8 Å². The Hall–Kier alpha value is -4.82. The van der Waals surface area contributed by atoms with Crippen LogP contribution in [0, 0.1) is 0 Å². The number of phenols is 2. The molecular formula is C32H32O14. The third kappa shape index (κ3) is 6.05. The van der Waals surface area contributed by atoms with Gasteiger partial charge in [0.1, 0.15) is 24.2 Å². The maximum atomic E-state index is 13.5. The minimum atomic E-state index is -1.58. The zero-order valence-corrected chi connectivity index (χ0v) is 25.4. The summed E-state index contributed by atoms with van der Waals surface area (Å²) in [5, 5.41) is 22.9. The molecule has 6 atom stereocenters. The number of fused-ring (bicyclic) bond motifs is 3. The molecule has 1 heterocycles. The minimum absolute atomic E-state index is 0.0240. The molecule has 3 aliphatic rings. The first kappa shape index (κ1) is 32.6. The van der Waals surface area contributed by atoms with E-state index in [4.69, 9.17) is 28.4 Å². The number of ketones is 2. The van der Waals surface area contributed by atoms with Crippen molar-refractivity contribution in [2.75, 3.05) is 6.61 Å². The molecule has 5 rings (SSSR count). The number of carbonyl (C=O) groups excluding carboxylic acids is 6. The van der Waals surface area contributed by atoms with Gasteiger partial charge in [-0.2, -0.15) is 0 Å². The second-order valence-electron chi connectivity index (χ2n) is 11.1. The number of hydrogen-bond donors (Lipinski definition) is 2. The fraction of sp³-hybridized carbons (Fsp3) is 0.438. The SMILES string of the molecule is CC(=O)OC[C@H]1O[C@@H](O[C@@H]2CCCc3c(O)c4c(c(O)c32)C(=O)c2ccccc2C4=O)[C@@H](OC(C)=O)[C@@H](OC(C)=O)[C@@H]1OC(C)=O. The van der Waals surface area contributed by atoms with Crippen LogP contribution in [0.5, 0.6) is 11.5 Å². The van der Waals surface area contributed by atoms with Crippen LogP contribution in [0.15, 0.2) is 24.3 Å². The number of carbonyl (C=O) groups is 6. The van der Waals surface area contributed by atoms with E-state index in [2.05, 4.69) is 0 Å². The van der Waals surface area contributed by atoms with Crippen molar-refractivity contribution in [3.63, 3.8) is 0 Å². The van der Waals surface area contributed by atoms with E-state index in [0.717, 1.165) is 27.7 Å². The van der Waals surface area contributed by atoms with Crippen molar-refractivity contribution in [3.8, 4) is 11.5 Å². The molecular weight excluding hydrogens is 608 g/mol. The lowest BCUT2D eigenvalue weighted by Gasteiger charge is -2.45. The van der Waals surface area contributed by atoms with E-state index >= 15 is 0 Å². The summed E-state index contributed by atoms with van der Waals surface area (Å²) < 4.78 is 33.8. The first-order chi connectivity index (χ1) is 21.8. The number of ether oxygens (including phenoxy) is 6. The van der Waals surface area contributed by atoms with Gasteiger partial charge >= 0.3 is 23.9 Å². The van der Waals surface area contributed by atoms with Crippen molar-refractivity contribution in [1.82, 2.24) is 0 Å². The van der Waals surface area contributed by atoms with Gasteiger partial charge in [-0.05, 0) is 19.3 Å². The second kappa shape index (κ2) is 12.9. The Morgan fingerprint density at radius 3 is 1.89 bits per heavy atom. The summed E-state index contributed by atoms with van der Waals surface area (Å²) in [6.45, 7) is 3.92. The van der Waals surface area contributed by atoms with Gasteiger partial charge in [0.2, 0.25) is 0 Å². The third-order valence-corrected chi connectivity index (χ3v) is 7.92. The van der Waals surface area contributed by atoms with Crippen molar-refractivity contribution in [2.24, 2.45) is 0 Å². The highest BCUT2D eigenvalue weighted by Gasteiger charge is 2.54. The molecule has 1 aliphatic heterocycles. The monoisotopic (exact) mass is 640 g/mol. The predicted molar refractivity (Wildman–Crippen MR) is 152 cm³/mol. The Labute approximate surface area is 262 Å². The smallest absolute Gasteiger partial charge is 0.303 e. The van der Waals surface area contributed by atoms with Crippen molar-refractivity contribution < 1.29 is 67.4 Å². The van der Waals surface area contributed by atoms with Gasteiger partial charge in [-0.25, -0.2) is 0 Å². The lowest BCUT2D eigenvalue weighted by Crippen LogP contribution is -2.63. The molecule has 0 saturated carbocycles. The number of hydrogen-bond acceptors (Lipinski definition) is 14. The first-order valence-corrected chi connectivity index (χ1v) is 14.5. The molecule has 46 heavy (non-hydrogen) atoms. The van der Waals surface area contributed by atoms with Gasteiger partial charge in [-0.15, -0.1) is 0 Å². The maximum Gasteiger partial charge on any atom is 0.303 e. The lowest BCUT2D eigenvalue weighted by atomic mass is 9.77. The van der Waals surface area contributed by atoms with Crippen molar-refractivity contribution in [3.05, 3.63) is 57.6 Å². The van der Waals surface area contributed by atoms with E-state index in [1.807, 2.05) is 0 Å². The number of phenolic OH excluding ortho intramolecular Hbond substituents is 2. The van der Waals surface area contributed by atoms with Crippen LogP contribution < -0.4 is 0 Å². The van der Waals surface area contributed by atoms with Gasteiger partial charge in [0.05, 0.1) is 17.2 Å². The fourth-order valence-corrected chi connectivity index (χ4v) is 6.19. The maximum absolute atomic E-state index is 13.5. The Kier molecular flexibility index (Phi) is 9.13. The van der Waals surface area contributed by atoms with Crippen LogP contribution in [0.3, 0.4) is 0 Å². The molecule has 0 unspecified atom stereocenters. The van der Waals surface area contributed by atoms with Gasteiger partial charge in [0, 0.05) is 49.9 Å². The highest BCUT2D eigenvalue weighted by Crippen LogP contribution is 2.50. The summed E-state index contributed by atoms with van der Waals surface area (Å²) in [6.07, 6.45) is -7.56. The molecule has 0 spiro atoms. The average molecular weight is 641 g/mol. The summed E-state index contributed by atoms with van der Waals surface area (Å²) in [7, 11) is 0. The molecule has 0 amide bonds. The molecule has 2 aromatic rings. The lowest BCUT2D eigenvalue weighted by molar-refractivity contribution is -0.318. The van der Waals surface area contributed by atoms with Gasteiger partial charge in [0.25, 0.3) is 0 Å². The molecule has 2 aromatic carbocycles. The van der Waals surface area contributed by atoms with Gasteiger partial charge < -0.3 is 38.6 Å². The van der Waals surface area contributed by atoms with E-state index in [1.54, 1.807) is 12.1 Å². The van der Waals surface area contributed by atoms with E-state index in [1.165, 1.54) is 12.1 Å². The van der Waals surface area contributed by atoms with Crippen LogP contribution in [0.2, 0.25) is 0 Å². The molecule has 0 aromatic heterocycles. The molecule has 0 radical (unpaired) electrons. The molecule has 244 valence electrons. The Morgan fingerprint density at radius 1 is 0.783 bits per heavy atom. The van der Waals surface area contributed by atoms with Crippen molar-refractivity contribution in [1.29, 1.82) is 0 Å². The molecule has 1 fully saturated rings. The van der Waals surface area contributed by atoms with Crippen LogP contribution >= 0.6 is 0 Å². The highest BCUT2D eigenvalue weighted by molar-refractivity contribution is 6.30. The zero-order chi connectivity index (χ0) is 33.4. The van der Waals surface area contributed by atoms with Crippen molar-refractivity contribution >= 4 is 35.4 Å². The number of aromatic hydroxyl groups is 2. The number of esters is 4. The minimum Gasteiger partial charge on any atom is -0.507 e. The quantitative estimate of drug-likeness (QED) is 0.217. The van der Waals surface area contributed by atoms with Crippen LogP contribution in [0.1, 0.15) is 89.6 Å². The van der Waals surface area contributed by atoms with Crippen LogP contribution in [0.4, 0.5) is 0 Å². The fourth-order valence-electron chi connectivity index (χ4n) is 6.19. The third-order valence-electron chi connectivity index (χ3n) is 7.92. The summed E-state index contributed by atoms with van der Waals surface area (Å²) >= 11 is 0. The first-order valence-electron chi connectivity index (χ1n) is 14.5. The average Bonchev–Trinajstić information content (AvgIpc) is 2.99. The summed E-state index contributed by atoms with van der Waals surface area (Å²) in [5.41, 5.74) is -0.335. The van der Waals surface area contributed by atoms with E-state index in [9.17, 15) is 39.0 Å². The van der Waals surface area contributed by atoms with E-state index in [0.29, 0.717) is 6.42 Å². The zero-order valence-electron chi connectivity index (χ0n) is 25.4. The standard InChI is InChI=1S/C32H32O14/c1-13(33)41-12-21-29(42-14(2)34)30(43-15(3)35)31(44-16(4)36)32(46-21)45-20-11-7-10-19-22(20)28(40)24-23(27(19)39)25(37)17-8-5-6-9-18(17)26(24)38/h5-6,8-9,20-21,29-32,39-40H,7,10-12H2,1-4H3/t20-,21-,29-,30+,31+,32-/m1/s1. The van der Waals surface area contributed by atoms with Gasteiger partial charge in [0.15, 0.2) is 36.2 Å². The van der Waals surface area contributed by atoms with E-state index in [-0.39, 0.29) is 46.2 Å². The Balaban J connectivity index is 1.58. The van der Waals surface area contributed by atoms with Crippen LogP contribution in [-0.2, 0) is 54.0 Å². The van der Waals surface area contributed by atoms with Crippen molar-refractivity contribution in [2.45, 2.75) is 83.8 Å². The normalized spacial score (nSPS) is 25.0. The molecule has 14 heteroatoms. The topological polar surface area (TPSA) is 198 Å². The Morgan fingerprint density at radius 2 is 1.33 bits per heavy atom. The van der Waals surface area contributed by atoms with Crippen LogP contribution in [0.25, 0.3) is 0 Å². The Bertz CT molecular complexity index is 1630. The highest BCUT2D eigenvalue weighted by atomic mass is 16.7. The number of benzene rings is 2. The largest absolute Gasteiger partial charge is 0.507 e. The van der Waals surface area contributed by atoms with Gasteiger partial charge in [-0.1, -0.05) is 24.3 Å². The predicted octanol–water partition coefficient (Wildman–Crippen LogP) is 2.35. The second-order valence-corrected chi connectivity index (χ2v) is 11.1. The number of rotatable bonds is 7.